The maximum Gasteiger partial charge on any atom is 0.337 e. The number of esters is 1. The van der Waals surface area contributed by atoms with E-state index in [-0.39, 0.29) is 5.97 Å². The number of ether oxygens (including phenoxy) is 1. The second kappa shape index (κ2) is 8.89. The number of anilines is 1. The molecule has 0 unspecified atom stereocenters. The van der Waals surface area contributed by atoms with Crippen molar-refractivity contribution in [2.75, 3.05) is 12.4 Å². The van der Waals surface area contributed by atoms with Crippen molar-refractivity contribution >= 4 is 22.7 Å². The number of carbonyl (C=O) groups is 1. The summed E-state index contributed by atoms with van der Waals surface area (Å²) >= 11 is 0. The SMILES string of the molecule is COC(=O)c1ccc(CNc2n[nH]c3ccc(C4C(C#N)=C(C)NC(C)=C4C#N)cc23)cc1. The van der Waals surface area contributed by atoms with Gasteiger partial charge in [-0.25, -0.2) is 4.79 Å². The summed E-state index contributed by atoms with van der Waals surface area (Å²) in [7, 11) is 1.35. The molecule has 0 saturated heterocycles. The fourth-order valence-corrected chi connectivity index (χ4v) is 4.03. The smallest absolute Gasteiger partial charge is 0.337 e. The Morgan fingerprint density at radius 1 is 1.09 bits per heavy atom. The molecule has 0 bridgehead atoms. The fraction of sp³-hybridized carbons (Fsp3) is 0.200. The van der Waals surface area contributed by atoms with Gasteiger partial charge in [0, 0.05) is 23.3 Å². The van der Waals surface area contributed by atoms with Crippen LogP contribution in [0.5, 0.6) is 0 Å². The molecule has 2 heterocycles. The van der Waals surface area contributed by atoms with Gasteiger partial charge in [0.25, 0.3) is 0 Å². The van der Waals surface area contributed by atoms with E-state index in [2.05, 4.69) is 33.0 Å². The molecule has 8 heteroatoms. The number of aromatic nitrogens is 2. The van der Waals surface area contributed by atoms with Gasteiger partial charge in [-0.2, -0.15) is 15.6 Å². The lowest BCUT2D eigenvalue weighted by atomic mass is 9.81. The van der Waals surface area contributed by atoms with Crippen LogP contribution in [-0.2, 0) is 11.3 Å². The summed E-state index contributed by atoms with van der Waals surface area (Å²) in [5.74, 6) is -0.143. The molecule has 2 aromatic carbocycles. The molecule has 4 rings (SSSR count). The molecule has 0 aliphatic carbocycles. The minimum atomic E-state index is -0.431. The van der Waals surface area contributed by atoms with Crippen molar-refractivity contribution in [2.24, 2.45) is 0 Å². The molecule has 1 aliphatic heterocycles. The first-order valence-electron chi connectivity index (χ1n) is 10.3. The number of aromatic amines is 1. The van der Waals surface area contributed by atoms with Crippen LogP contribution in [0, 0.1) is 22.7 Å². The van der Waals surface area contributed by atoms with Crippen molar-refractivity contribution in [3.63, 3.8) is 0 Å². The Balaban J connectivity index is 1.64. The minimum absolute atomic E-state index is 0.375. The van der Waals surface area contributed by atoms with Crippen LogP contribution in [0.2, 0.25) is 0 Å². The second-order valence-electron chi connectivity index (χ2n) is 7.78. The zero-order valence-corrected chi connectivity index (χ0v) is 18.5. The number of allylic oxidation sites excluding steroid dienone is 4. The number of benzene rings is 2. The zero-order chi connectivity index (χ0) is 23.5. The Morgan fingerprint density at radius 3 is 2.36 bits per heavy atom. The number of hydrogen-bond donors (Lipinski definition) is 3. The van der Waals surface area contributed by atoms with Crippen LogP contribution in [0.1, 0.15) is 41.3 Å². The molecule has 0 fully saturated rings. The molecular weight excluding hydrogens is 416 g/mol. The lowest BCUT2D eigenvalue weighted by Gasteiger charge is -2.26. The summed E-state index contributed by atoms with van der Waals surface area (Å²) in [6.07, 6.45) is 0. The van der Waals surface area contributed by atoms with E-state index in [0.29, 0.717) is 29.1 Å². The first kappa shape index (κ1) is 21.7. The number of carbonyl (C=O) groups excluding carboxylic acids is 1. The van der Waals surface area contributed by atoms with Crippen LogP contribution in [0.3, 0.4) is 0 Å². The Bertz CT molecular complexity index is 1350. The summed E-state index contributed by atoms with van der Waals surface area (Å²) in [6, 6.07) is 17.5. The molecule has 1 aromatic heterocycles. The van der Waals surface area contributed by atoms with Gasteiger partial charge in [0.15, 0.2) is 5.82 Å². The van der Waals surface area contributed by atoms with Crippen LogP contribution >= 0.6 is 0 Å². The fourth-order valence-electron chi connectivity index (χ4n) is 4.03. The van der Waals surface area contributed by atoms with E-state index in [1.165, 1.54) is 7.11 Å². The van der Waals surface area contributed by atoms with Crippen molar-refractivity contribution in [3.8, 4) is 12.1 Å². The normalized spacial score (nSPS) is 14.0. The van der Waals surface area contributed by atoms with Crippen LogP contribution in [0.15, 0.2) is 65.0 Å². The highest BCUT2D eigenvalue weighted by molar-refractivity contribution is 5.91. The van der Waals surface area contributed by atoms with Crippen molar-refractivity contribution in [2.45, 2.75) is 26.3 Å². The summed E-state index contributed by atoms with van der Waals surface area (Å²) < 4.78 is 4.73. The standard InChI is InChI=1S/C25H22N6O2/c1-14-20(11-26)23(21(12-27)15(2)29-14)18-8-9-22-19(10-18)24(31-30-22)28-13-16-4-6-17(7-5-16)25(32)33-3/h4-10,23,29H,13H2,1-3H3,(H2,28,30,31). The first-order valence-corrected chi connectivity index (χ1v) is 10.3. The maximum absolute atomic E-state index is 11.6. The van der Waals surface area contributed by atoms with Gasteiger partial charge in [-0.1, -0.05) is 18.2 Å². The van der Waals surface area contributed by atoms with Crippen molar-refractivity contribution in [1.29, 1.82) is 10.5 Å². The average Bonchev–Trinajstić information content (AvgIpc) is 3.24. The van der Waals surface area contributed by atoms with Gasteiger partial charge < -0.3 is 15.4 Å². The molecule has 3 aromatic rings. The lowest BCUT2D eigenvalue weighted by Crippen LogP contribution is -2.23. The zero-order valence-electron chi connectivity index (χ0n) is 18.5. The molecule has 0 atom stereocenters. The van der Waals surface area contributed by atoms with E-state index < -0.39 is 5.92 Å². The number of fused-ring (bicyclic) bond motifs is 1. The molecular formula is C25H22N6O2. The highest BCUT2D eigenvalue weighted by Crippen LogP contribution is 2.38. The topological polar surface area (TPSA) is 127 Å². The molecule has 0 radical (unpaired) electrons. The first-order chi connectivity index (χ1) is 16.0. The average molecular weight is 438 g/mol. The number of H-pyrrole nitrogens is 1. The summed E-state index contributed by atoms with van der Waals surface area (Å²) in [6.45, 7) is 4.19. The second-order valence-corrected chi connectivity index (χ2v) is 7.78. The van der Waals surface area contributed by atoms with Crippen LogP contribution in [0.4, 0.5) is 5.82 Å². The van der Waals surface area contributed by atoms with Crippen LogP contribution in [-0.4, -0.2) is 23.3 Å². The van der Waals surface area contributed by atoms with Crippen LogP contribution in [0.25, 0.3) is 10.9 Å². The Labute approximate surface area is 191 Å². The van der Waals surface area contributed by atoms with E-state index in [9.17, 15) is 15.3 Å². The summed E-state index contributed by atoms with van der Waals surface area (Å²) in [5.41, 5.74) is 5.72. The third-order valence-corrected chi connectivity index (χ3v) is 5.76. The molecule has 164 valence electrons. The van der Waals surface area contributed by atoms with E-state index in [1.807, 2.05) is 44.2 Å². The Kier molecular flexibility index (Phi) is 5.84. The van der Waals surface area contributed by atoms with Gasteiger partial charge in [0.1, 0.15) is 0 Å². The van der Waals surface area contributed by atoms with Crippen molar-refractivity contribution in [3.05, 3.63) is 81.7 Å². The number of rotatable bonds is 5. The van der Waals surface area contributed by atoms with Gasteiger partial charge in [0.05, 0.1) is 47.4 Å². The van der Waals surface area contributed by atoms with E-state index in [1.54, 1.807) is 12.1 Å². The van der Waals surface area contributed by atoms with Gasteiger partial charge in [0.2, 0.25) is 0 Å². The van der Waals surface area contributed by atoms with Gasteiger partial charge in [-0.05, 0) is 49.2 Å². The third-order valence-electron chi connectivity index (χ3n) is 5.76. The number of nitriles is 2. The largest absolute Gasteiger partial charge is 0.465 e. The molecule has 8 nitrogen and oxygen atoms in total. The highest BCUT2D eigenvalue weighted by Gasteiger charge is 2.29. The van der Waals surface area contributed by atoms with E-state index in [4.69, 9.17) is 4.74 Å². The predicted octanol–water partition coefficient (Wildman–Crippen LogP) is 4.24. The molecule has 33 heavy (non-hydrogen) atoms. The number of nitrogens with zero attached hydrogens (tertiary/aromatic N) is 3. The maximum atomic E-state index is 11.6. The number of hydrogen-bond acceptors (Lipinski definition) is 7. The minimum Gasteiger partial charge on any atom is -0.465 e. The third kappa shape index (κ3) is 4.02. The van der Waals surface area contributed by atoms with E-state index in [0.717, 1.165) is 33.4 Å². The number of dihydropyridines is 1. The Hall–Kier alpha value is -4.56. The van der Waals surface area contributed by atoms with Crippen molar-refractivity contribution < 1.29 is 9.53 Å². The monoisotopic (exact) mass is 438 g/mol. The van der Waals surface area contributed by atoms with E-state index >= 15 is 0 Å². The Morgan fingerprint density at radius 2 is 1.76 bits per heavy atom. The van der Waals surface area contributed by atoms with Gasteiger partial charge in [-0.15, -0.1) is 0 Å². The molecule has 3 N–H and O–H groups in total. The molecule has 0 spiro atoms. The number of nitrogens with one attached hydrogen (secondary N) is 3. The lowest BCUT2D eigenvalue weighted by molar-refractivity contribution is 0.0600. The quantitative estimate of drug-likeness (QED) is 0.508. The highest BCUT2D eigenvalue weighted by atomic mass is 16.5. The summed E-state index contributed by atoms with van der Waals surface area (Å²) in [5, 5.41) is 34.2. The van der Waals surface area contributed by atoms with Gasteiger partial charge in [-0.3, -0.25) is 5.10 Å². The predicted molar refractivity (Wildman–Crippen MR) is 124 cm³/mol. The molecule has 0 amide bonds. The number of methoxy groups -OCH3 is 1. The van der Waals surface area contributed by atoms with Gasteiger partial charge >= 0.3 is 5.97 Å². The summed E-state index contributed by atoms with van der Waals surface area (Å²) in [4.78, 5) is 11.6. The molecule has 0 saturated carbocycles. The van der Waals surface area contributed by atoms with Crippen molar-refractivity contribution in [1.82, 2.24) is 15.5 Å². The molecule has 1 aliphatic rings. The van der Waals surface area contributed by atoms with Crippen LogP contribution < -0.4 is 10.6 Å².